The van der Waals surface area contributed by atoms with Gasteiger partial charge in [-0.05, 0) is 55.4 Å². The van der Waals surface area contributed by atoms with Crippen LogP contribution in [-0.4, -0.2) is 17.7 Å². The molecule has 0 heterocycles. The monoisotopic (exact) mass is 362 g/mol. The Kier molecular flexibility index (Phi) is 6.58. The highest BCUT2D eigenvalue weighted by atomic mass is 35.5. The van der Waals surface area contributed by atoms with Crippen molar-refractivity contribution in [2.24, 2.45) is 0 Å². The summed E-state index contributed by atoms with van der Waals surface area (Å²) in [5.74, 6) is -0.436. The third kappa shape index (κ3) is 4.94. The first-order valence-corrected chi connectivity index (χ1v) is 8.36. The van der Waals surface area contributed by atoms with Crippen molar-refractivity contribution in [1.82, 2.24) is 5.32 Å². The van der Waals surface area contributed by atoms with E-state index in [4.69, 9.17) is 28.6 Å². The van der Waals surface area contributed by atoms with Gasteiger partial charge in [0, 0.05) is 12.2 Å². The third-order valence-corrected chi connectivity index (χ3v) is 3.98. The zero-order chi connectivity index (χ0) is 17.5. The predicted molar refractivity (Wildman–Crippen MR) is 102 cm³/mol. The van der Waals surface area contributed by atoms with E-state index in [2.05, 4.69) is 29.7 Å². The molecule has 0 aliphatic carbocycles. The van der Waals surface area contributed by atoms with Crippen LogP contribution in [-0.2, 0) is 11.3 Å². The summed E-state index contributed by atoms with van der Waals surface area (Å²) in [5, 5.41) is 7.01. The second-order valence-corrected chi connectivity index (χ2v) is 5.96. The van der Waals surface area contributed by atoms with Crippen LogP contribution in [0.4, 0.5) is 5.69 Å². The van der Waals surface area contributed by atoms with Gasteiger partial charge in [-0.15, -0.1) is 0 Å². The summed E-state index contributed by atoms with van der Waals surface area (Å²) in [4.78, 5) is 11.7. The van der Waals surface area contributed by atoms with E-state index in [1.165, 1.54) is 11.1 Å². The molecule has 2 N–H and O–H groups in total. The minimum absolute atomic E-state index is 0.308. The van der Waals surface area contributed by atoms with Crippen molar-refractivity contribution in [3.8, 4) is 0 Å². The van der Waals surface area contributed by atoms with Gasteiger partial charge in [0.1, 0.15) is 0 Å². The number of carbonyl (C=O) groups is 1. The molecule has 4 nitrogen and oxygen atoms in total. The fourth-order valence-corrected chi connectivity index (χ4v) is 2.57. The van der Waals surface area contributed by atoms with E-state index in [9.17, 15) is 4.79 Å². The molecule has 0 unspecified atom stereocenters. The van der Waals surface area contributed by atoms with Crippen molar-refractivity contribution in [2.45, 2.75) is 20.4 Å². The number of nitrogens with one attached hydrogen (secondary N) is 2. The maximum absolute atomic E-state index is 11.7. The van der Waals surface area contributed by atoms with Gasteiger partial charge in [-0.2, -0.15) is 0 Å². The number of ether oxygens (including phenoxy) is 1. The normalized spacial score (nSPS) is 10.1. The summed E-state index contributed by atoms with van der Waals surface area (Å²) in [6, 6.07) is 13.1. The predicted octanol–water partition coefficient (Wildman–Crippen LogP) is 4.31. The van der Waals surface area contributed by atoms with Gasteiger partial charge < -0.3 is 15.4 Å². The molecular formula is C18H19ClN2O2S. The van der Waals surface area contributed by atoms with E-state index in [-0.39, 0.29) is 0 Å². The zero-order valence-corrected chi connectivity index (χ0v) is 15.1. The lowest BCUT2D eigenvalue weighted by atomic mass is 10.1. The summed E-state index contributed by atoms with van der Waals surface area (Å²) in [6.45, 7) is 4.75. The van der Waals surface area contributed by atoms with Gasteiger partial charge in [0.2, 0.25) is 0 Å². The van der Waals surface area contributed by atoms with Crippen molar-refractivity contribution >= 4 is 40.6 Å². The van der Waals surface area contributed by atoms with Gasteiger partial charge in [0.05, 0.1) is 17.2 Å². The molecule has 0 aliphatic heterocycles. The van der Waals surface area contributed by atoms with Crippen LogP contribution in [0, 0.1) is 6.92 Å². The van der Waals surface area contributed by atoms with Crippen molar-refractivity contribution < 1.29 is 9.53 Å². The van der Waals surface area contributed by atoms with Crippen molar-refractivity contribution in [3.05, 3.63) is 64.2 Å². The number of aryl methyl sites for hydroxylation is 1. The molecule has 0 saturated heterocycles. The highest BCUT2D eigenvalue weighted by molar-refractivity contribution is 7.80. The van der Waals surface area contributed by atoms with E-state index < -0.39 is 5.97 Å². The molecule has 2 aromatic carbocycles. The number of benzene rings is 2. The summed E-state index contributed by atoms with van der Waals surface area (Å²) in [5.41, 5.74) is 3.42. The molecule has 0 aromatic heterocycles. The Balaban J connectivity index is 1.96. The number of rotatable bonds is 5. The molecule has 0 atom stereocenters. The number of carbonyl (C=O) groups excluding carboxylic acids is 1. The average molecular weight is 363 g/mol. The lowest BCUT2D eigenvalue weighted by Crippen LogP contribution is -2.28. The lowest BCUT2D eigenvalue weighted by Gasteiger charge is -2.13. The largest absolute Gasteiger partial charge is 0.462 e. The second-order valence-electron chi connectivity index (χ2n) is 5.15. The maximum Gasteiger partial charge on any atom is 0.339 e. The van der Waals surface area contributed by atoms with Gasteiger partial charge in [-0.25, -0.2) is 4.79 Å². The summed E-state index contributed by atoms with van der Waals surface area (Å²) in [6.07, 6.45) is 0. The topological polar surface area (TPSA) is 50.4 Å². The van der Waals surface area contributed by atoms with Crippen LogP contribution in [0.1, 0.15) is 28.4 Å². The first kappa shape index (κ1) is 18.2. The molecule has 0 spiro atoms. The molecule has 24 heavy (non-hydrogen) atoms. The molecule has 0 bridgehead atoms. The Hall–Kier alpha value is -2.11. The van der Waals surface area contributed by atoms with E-state index in [0.29, 0.717) is 34.5 Å². The van der Waals surface area contributed by atoms with Crippen molar-refractivity contribution in [3.63, 3.8) is 0 Å². The summed E-state index contributed by atoms with van der Waals surface area (Å²) < 4.78 is 4.95. The Labute approximate surface area is 152 Å². The highest BCUT2D eigenvalue weighted by Crippen LogP contribution is 2.22. The van der Waals surface area contributed by atoms with Crippen LogP contribution >= 0.6 is 23.8 Å². The van der Waals surface area contributed by atoms with E-state index in [0.717, 1.165) is 0 Å². The van der Waals surface area contributed by atoms with E-state index in [1.54, 1.807) is 25.1 Å². The van der Waals surface area contributed by atoms with E-state index in [1.807, 2.05) is 12.1 Å². The van der Waals surface area contributed by atoms with Gasteiger partial charge in [-0.1, -0.05) is 35.9 Å². The number of halogens is 1. The van der Waals surface area contributed by atoms with Crippen molar-refractivity contribution in [2.75, 3.05) is 11.9 Å². The Bertz CT molecular complexity index is 750. The number of hydrogen-bond acceptors (Lipinski definition) is 3. The molecule has 0 saturated carbocycles. The zero-order valence-electron chi connectivity index (χ0n) is 13.6. The molecule has 0 radical (unpaired) electrons. The summed E-state index contributed by atoms with van der Waals surface area (Å²) >= 11 is 11.4. The third-order valence-electron chi connectivity index (χ3n) is 3.42. The SMILES string of the molecule is CCOC(=O)c1ccc(NC(=S)NCc2ccccc2C)cc1Cl. The van der Waals surface area contributed by atoms with Gasteiger partial charge >= 0.3 is 5.97 Å². The smallest absolute Gasteiger partial charge is 0.339 e. The highest BCUT2D eigenvalue weighted by Gasteiger charge is 2.12. The minimum atomic E-state index is -0.436. The first-order valence-electron chi connectivity index (χ1n) is 7.57. The number of hydrogen-bond donors (Lipinski definition) is 2. The molecule has 0 aliphatic rings. The Morgan fingerprint density at radius 2 is 2.00 bits per heavy atom. The molecule has 126 valence electrons. The average Bonchev–Trinajstić information content (AvgIpc) is 2.54. The van der Waals surface area contributed by atoms with Crippen LogP contribution in [0.25, 0.3) is 0 Å². The molecular weight excluding hydrogens is 344 g/mol. The fourth-order valence-electron chi connectivity index (χ4n) is 2.13. The second kappa shape index (κ2) is 8.66. The van der Waals surface area contributed by atoms with Crippen LogP contribution < -0.4 is 10.6 Å². The van der Waals surface area contributed by atoms with Crippen molar-refractivity contribution in [1.29, 1.82) is 0 Å². The minimum Gasteiger partial charge on any atom is -0.462 e. The lowest BCUT2D eigenvalue weighted by molar-refractivity contribution is 0.0526. The van der Waals surface area contributed by atoms with Gasteiger partial charge in [-0.3, -0.25) is 0 Å². The van der Waals surface area contributed by atoms with Crippen LogP contribution in [0.2, 0.25) is 5.02 Å². The Morgan fingerprint density at radius 1 is 1.25 bits per heavy atom. The number of thiocarbonyl (C=S) groups is 1. The maximum atomic E-state index is 11.7. The quantitative estimate of drug-likeness (QED) is 0.613. The standard InChI is InChI=1S/C18H19ClN2O2S/c1-3-23-17(22)15-9-8-14(10-16(15)19)21-18(24)20-11-13-7-5-4-6-12(13)2/h4-10H,3,11H2,1-2H3,(H2,20,21,24). The van der Waals surface area contributed by atoms with E-state index >= 15 is 0 Å². The van der Waals surface area contributed by atoms with Crippen LogP contribution in [0.3, 0.4) is 0 Å². The summed E-state index contributed by atoms with van der Waals surface area (Å²) in [7, 11) is 0. The Morgan fingerprint density at radius 3 is 2.67 bits per heavy atom. The van der Waals surface area contributed by atoms with Gasteiger partial charge in [0.25, 0.3) is 0 Å². The molecule has 2 aromatic rings. The van der Waals surface area contributed by atoms with Crippen LogP contribution in [0.15, 0.2) is 42.5 Å². The molecule has 0 fully saturated rings. The molecule has 6 heteroatoms. The molecule has 0 amide bonds. The number of anilines is 1. The fraction of sp³-hybridized carbons (Fsp3) is 0.222. The van der Waals surface area contributed by atoms with Gasteiger partial charge in [0.15, 0.2) is 5.11 Å². The first-order chi connectivity index (χ1) is 11.5. The molecule has 2 rings (SSSR count). The number of esters is 1. The van der Waals surface area contributed by atoms with Crippen LogP contribution in [0.5, 0.6) is 0 Å².